The molecule has 3 rings (SSSR count). The number of likely N-dealkylation sites (tertiary alicyclic amines) is 2. The molecular formula is C22H37IN4O3. The van der Waals surface area contributed by atoms with Crippen molar-refractivity contribution in [3.05, 3.63) is 17.7 Å². The topological polar surface area (TPSA) is 58.6 Å². The quantitative estimate of drug-likeness (QED) is 0.316. The van der Waals surface area contributed by atoms with Gasteiger partial charge in [-0.2, -0.15) is 0 Å². The summed E-state index contributed by atoms with van der Waals surface area (Å²) in [7, 11) is 4.99. The van der Waals surface area contributed by atoms with Crippen LogP contribution in [-0.4, -0.2) is 82.4 Å². The predicted octanol–water partition coefficient (Wildman–Crippen LogP) is 3.01. The number of nitrogens with one attached hydrogen (secondary N) is 1. The van der Waals surface area contributed by atoms with Crippen molar-refractivity contribution in [2.75, 3.05) is 60.6 Å². The Bertz CT molecular complexity index is 670. The van der Waals surface area contributed by atoms with E-state index in [2.05, 4.69) is 22.0 Å². The van der Waals surface area contributed by atoms with Gasteiger partial charge in [-0.15, -0.1) is 24.0 Å². The first-order chi connectivity index (χ1) is 14.2. The minimum atomic E-state index is 0. The summed E-state index contributed by atoms with van der Waals surface area (Å²) in [5, 5.41) is 3.47. The van der Waals surface area contributed by atoms with Crippen LogP contribution in [0.3, 0.4) is 0 Å². The first-order valence-corrected chi connectivity index (χ1v) is 10.8. The first-order valence-electron chi connectivity index (χ1n) is 10.8. The third-order valence-electron chi connectivity index (χ3n) is 5.90. The van der Waals surface area contributed by atoms with E-state index in [1.54, 1.807) is 21.3 Å². The molecule has 0 bridgehead atoms. The largest absolute Gasteiger partial charge is 0.496 e. The lowest BCUT2D eigenvalue weighted by Crippen LogP contribution is -2.42. The average molecular weight is 532 g/mol. The lowest BCUT2D eigenvalue weighted by Gasteiger charge is -2.25. The maximum Gasteiger partial charge on any atom is 0.193 e. The summed E-state index contributed by atoms with van der Waals surface area (Å²) in [6.45, 7) is 8.32. The second kappa shape index (κ2) is 12.4. The number of ether oxygens (including phenoxy) is 3. The van der Waals surface area contributed by atoms with Crippen LogP contribution in [0, 0.1) is 0 Å². The van der Waals surface area contributed by atoms with Gasteiger partial charge in [-0.1, -0.05) is 0 Å². The lowest BCUT2D eigenvalue weighted by molar-refractivity contribution is 0.249. The molecule has 0 aromatic heterocycles. The molecule has 0 aliphatic carbocycles. The number of aliphatic imine (C=N–C) groups is 1. The molecule has 0 radical (unpaired) electrons. The van der Waals surface area contributed by atoms with E-state index in [0.717, 1.165) is 54.8 Å². The van der Waals surface area contributed by atoms with E-state index in [-0.39, 0.29) is 24.0 Å². The van der Waals surface area contributed by atoms with Crippen LogP contribution in [0.15, 0.2) is 17.1 Å². The van der Waals surface area contributed by atoms with Gasteiger partial charge < -0.3 is 24.4 Å². The molecule has 2 aliphatic rings. The van der Waals surface area contributed by atoms with Crippen LogP contribution in [0.4, 0.5) is 0 Å². The Balaban J connectivity index is 0.00000320. The number of nitrogens with zero attached hydrogens (tertiary/aromatic N) is 3. The molecule has 0 spiro atoms. The Morgan fingerprint density at radius 3 is 2.30 bits per heavy atom. The number of rotatable bonds is 8. The third-order valence-corrected chi connectivity index (χ3v) is 5.90. The van der Waals surface area contributed by atoms with Crippen LogP contribution < -0.4 is 19.5 Å². The van der Waals surface area contributed by atoms with Gasteiger partial charge in [0.05, 0.1) is 21.3 Å². The van der Waals surface area contributed by atoms with Gasteiger partial charge in [-0.05, 0) is 45.7 Å². The molecule has 2 heterocycles. The zero-order chi connectivity index (χ0) is 20.6. The van der Waals surface area contributed by atoms with Crippen LogP contribution >= 0.6 is 24.0 Å². The summed E-state index contributed by atoms with van der Waals surface area (Å²) in [5.41, 5.74) is 1.02. The number of hydrogen-bond donors (Lipinski definition) is 1. The summed E-state index contributed by atoms with van der Waals surface area (Å²) in [4.78, 5) is 9.98. The van der Waals surface area contributed by atoms with Crippen molar-refractivity contribution in [3.63, 3.8) is 0 Å². The highest BCUT2D eigenvalue weighted by atomic mass is 127. The Morgan fingerprint density at radius 1 is 1.07 bits per heavy atom. The SMILES string of the molecule is CCNC(=NCCc1c(OC)cc(OC)cc1OC)N1CCC(N2CCCC2)C1.I. The molecule has 7 nitrogen and oxygen atoms in total. The van der Waals surface area contributed by atoms with Gasteiger partial charge in [0.2, 0.25) is 0 Å². The summed E-state index contributed by atoms with van der Waals surface area (Å²) in [5.74, 6) is 3.29. The Labute approximate surface area is 198 Å². The monoisotopic (exact) mass is 532 g/mol. The molecule has 2 fully saturated rings. The third kappa shape index (κ3) is 6.06. The lowest BCUT2D eigenvalue weighted by atomic mass is 10.1. The van der Waals surface area contributed by atoms with Crippen molar-refractivity contribution in [1.29, 1.82) is 0 Å². The predicted molar refractivity (Wildman–Crippen MR) is 132 cm³/mol. The smallest absolute Gasteiger partial charge is 0.193 e. The summed E-state index contributed by atoms with van der Waals surface area (Å²) >= 11 is 0. The number of guanidine groups is 1. The molecule has 170 valence electrons. The van der Waals surface area contributed by atoms with Crippen molar-refractivity contribution >= 4 is 29.9 Å². The second-order valence-electron chi connectivity index (χ2n) is 7.63. The summed E-state index contributed by atoms with van der Waals surface area (Å²) in [6, 6.07) is 4.46. The molecule has 2 aliphatic heterocycles. The normalized spacial score (nSPS) is 19.5. The van der Waals surface area contributed by atoms with Gasteiger partial charge in [-0.25, -0.2) is 0 Å². The number of benzene rings is 1. The minimum Gasteiger partial charge on any atom is -0.496 e. The second-order valence-corrected chi connectivity index (χ2v) is 7.63. The highest BCUT2D eigenvalue weighted by Crippen LogP contribution is 2.34. The van der Waals surface area contributed by atoms with Crippen molar-refractivity contribution in [2.45, 2.75) is 38.6 Å². The van der Waals surface area contributed by atoms with E-state index < -0.39 is 0 Å². The van der Waals surface area contributed by atoms with Crippen LogP contribution in [0.25, 0.3) is 0 Å². The van der Waals surface area contributed by atoms with Crippen molar-refractivity contribution in [2.24, 2.45) is 4.99 Å². The van der Waals surface area contributed by atoms with Crippen molar-refractivity contribution < 1.29 is 14.2 Å². The van der Waals surface area contributed by atoms with Gasteiger partial charge in [0, 0.05) is 49.9 Å². The molecule has 0 saturated carbocycles. The molecule has 30 heavy (non-hydrogen) atoms. The maximum absolute atomic E-state index is 5.57. The highest BCUT2D eigenvalue weighted by molar-refractivity contribution is 14.0. The van der Waals surface area contributed by atoms with Gasteiger partial charge in [0.25, 0.3) is 0 Å². The molecule has 1 unspecified atom stereocenters. The molecular weight excluding hydrogens is 495 g/mol. The molecule has 2 saturated heterocycles. The van der Waals surface area contributed by atoms with Gasteiger partial charge >= 0.3 is 0 Å². The molecule has 1 aromatic carbocycles. The number of hydrogen-bond acceptors (Lipinski definition) is 5. The molecule has 8 heteroatoms. The summed E-state index contributed by atoms with van der Waals surface area (Å²) in [6.07, 6.45) is 4.66. The average Bonchev–Trinajstić information content (AvgIpc) is 3.44. The number of halogens is 1. The molecule has 1 N–H and O–H groups in total. The van der Waals surface area contributed by atoms with Crippen LogP contribution in [0.2, 0.25) is 0 Å². The minimum absolute atomic E-state index is 0. The number of methoxy groups -OCH3 is 3. The van der Waals surface area contributed by atoms with Gasteiger partial charge in [0.1, 0.15) is 17.2 Å². The van der Waals surface area contributed by atoms with E-state index in [1.165, 1.54) is 32.4 Å². The summed E-state index contributed by atoms with van der Waals surface area (Å²) < 4.78 is 16.5. The van der Waals surface area contributed by atoms with E-state index in [9.17, 15) is 0 Å². The Kier molecular flexibility index (Phi) is 10.3. The molecule has 0 amide bonds. The molecule has 1 atom stereocenters. The van der Waals surface area contributed by atoms with E-state index in [0.29, 0.717) is 12.6 Å². The highest BCUT2D eigenvalue weighted by Gasteiger charge is 2.30. The maximum atomic E-state index is 5.57. The van der Waals surface area contributed by atoms with Crippen molar-refractivity contribution in [3.8, 4) is 17.2 Å². The van der Waals surface area contributed by atoms with E-state index in [1.807, 2.05) is 12.1 Å². The van der Waals surface area contributed by atoms with Crippen LogP contribution in [0.1, 0.15) is 31.7 Å². The van der Waals surface area contributed by atoms with Gasteiger partial charge in [-0.3, -0.25) is 9.89 Å². The van der Waals surface area contributed by atoms with Crippen LogP contribution in [0.5, 0.6) is 17.2 Å². The van der Waals surface area contributed by atoms with Crippen molar-refractivity contribution in [1.82, 2.24) is 15.1 Å². The fourth-order valence-electron chi connectivity index (χ4n) is 4.36. The Hall–Kier alpha value is -1.42. The fourth-order valence-corrected chi connectivity index (χ4v) is 4.36. The van der Waals surface area contributed by atoms with E-state index in [4.69, 9.17) is 19.2 Å². The van der Waals surface area contributed by atoms with E-state index >= 15 is 0 Å². The van der Waals surface area contributed by atoms with Crippen LogP contribution in [-0.2, 0) is 6.42 Å². The fraction of sp³-hybridized carbons (Fsp3) is 0.682. The van der Waals surface area contributed by atoms with Gasteiger partial charge in [0.15, 0.2) is 5.96 Å². The zero-order valence-corrected chi connectivity index (χ0v) is 21.1. The Morgan fingerprint density at radius 2 is 1.73 bits per heavy atom. The zero-order valence-electron chi connectivity index (χ0n) is 18.8. The first kappa shape index (κ1) is 24.8. The molecule has 1 aromatic rings. The standard InChI is InChI=1S/C22H36N4O3.HI/c1-5-23-22(26-13-9-17(16-26)25-11-6-7-12-25)24-10-8-19-20(28-3)14-18(27-2)15-21(19)29-4;/h14-15,17H,5-13,16H2,1-4H3,(H,23,24);1H.